The zero-order chi connectivity index (χ0) is 17.6. The van der Waals surface area contributed by atoms with Crippen molar-refractivity contribution in [2.45, 2.75) is 38.5 Å². The second-order valence-electron chi connectivity index (χ2n) is 6.11. The first-order chi connectivity index (χ1) is 12.2. The van der Waals surface area contributed by atoms with Crippen molar-refractivity contribution >= 4 is 23.2 Å². The van der Waals surface area contributed by atoms with Crippen molar-refractivity contribution in [3.8, 4) is 5.75 Å². The van der Waals surface area contributed by atoms with Gasteiger partial charge in [0.15, 0.2) is 0 Å². The molecule has 1 aliphatic carbocycles. The highest BCUT2D eigenvalue weighted by atomic mass is 32.1. The number of methoxy groups -OCH3 is 1. The first-order valence-electron chi connectivity index (χ1n) is 8.50. The fourth-order valence-electron chi connectivity index (χ4n) is 3.03. The van der Waals surface area contributed by atoms with Crippen LogP contribution >= 0.6 is 11.3 Å². The Labute approximate surface area is 151 Å². The van der Waals surface area contributed by atoms with Crippen LogP contribution in [0, 0.1) is 0 Å². The van der Waals surface area contributed by atoms with Gasteiger partial charge in [0.25, 0.3) is 5.91 Å². The van der Waals surface area contributed by atoms with Gasteiger partial charge >= 0.3 is 0 Å². The fraction of sp³-hybridized carbons (Fsp3) is 0.368. The van der Waals surface area contributed by atoms with E-state index in [4.69, 9.17) is 4.74 Å². The highest BCUT2D eigenvalue weighted by Gasteiger charge is 2.17. The zero-order valence-electron chi connectivity index (χ0n) is 14.3. The lowest BCUT2D eigenvalue weighted by molar-refractivity contribution is -0.121. The number of hydrogen-bond donors (Lipinski definition) is 2. The number of fused-ring (bicyclic) bond motifs is 1. The van der Waals surface area contributed by atoms with Gasteiger partial charge in [-0.05, 0) is 43.4 Å². The van der Waals surface area contributed by atoms with Gasteiger partial charge in [-0.2, -0.15) is 0 Å². The van der Waals surface area contributed by atoms with Crippen LogP contribution in [0.5, 0.6) is 5.75 Å². The quantitative estimate of drug-likeness (QED) is 0.652. The van der Waals surface area contributed by atoms with Crippen LogP contribution in [0.3, 0.4) is 0 Å². The van der Waals surface area contributed by atoms with Crippen molar-refractivity contribution in [1.29, 1.82) is 0 Å². The average Bonchev–Trinajstić information content (AvgIpc) is 2.91. The van der Waals surface area contributed by atoms with Crippen LogP contribution in [0.15, 0.2) is 30.3 Å². The minimum absolute atomic E-state index is 0.144. The van der Waals surface area contributed by atoms with Crippen LogP contribution in [-0.4, -0.2) is 18.9 Å². The Kier molecular flexibility index (Phi) is 5.71. The second kappa shape index (κ2) is 8.16. The number of carbonyl (C=O) groups is 2. The summed E-state index contributed by atoms with van der Waals surface area (Å²) in [7, 11) is 1.57. The van der Waals surface area contributed by atoms with E-state index < -0.39 is 0 Å². The maximum Gasteiger partial charge on any atom is 0.279 e. The van der Waals surface area contributed by atoms with Gasteiger partial charge in [-0.3, -0.25) is 20.4 Å². The van der Waals surface area contributed by atoms with E-state index in [1.807, 2.05) is 24.3 Å². The summed E-state index contributed by atoms with van der Waals surface area (Å²) in [6.07, 6.45) is 5.85. The number of hydrazine groups is 1. The average molecular weight is 358 g/mol. The Balaban J connectivity index is 1.56. The second-order valence-corrected chi connectivity index (χ2v) is 7.25. The lowest BCUT2D eigenvalue weighted by atomic mass is 10.1. The van der Waals surface area contributed by atoms with E-state index in [9.17, 15) is 9.59 Å². The summed E-state index contributed by atoms with van der Waals surface area (Å²) in [6.45, 7) is 0. The molecule has 2 aromatic rings. The third-order valence-corrected chi connectivity index (χ3v) is 5.57. The Hall–Kier alpha value is -2.34. The molecule has 0 bridgehead atoms. The zero-order valence-corrected chi connectivity index (χ0v) is 15.1. The summed E-state index contributed by atoms with van der Waals surface area (Å²) in [6, 6.07) is 9.30. The van der Waals surface area contributed by atoms with E-state index in [1.54, 1.807) is 13.2 Å². The first-order valence-corrected chi connectivity index (χ1v) is 9.31. The van der Waals surface area contributed by atoms with Crippen molar-refractivity contribution in [2.75, 3.05) is 7.11 Å². The largest absolute Gasteiger partial charge is 0.496 e. The molecule has 25 heavy (non-hydrogen) atoms. The predicted octanol–water partition coefficient (Wildman–Crippen LogP) is 3.03. The topological polar surface area (TPSA) is 67.4 Å². The molecule has 0 saturated heterocycles. The number of para-hydroxylation sites is 1. The minimum Gasteiger partial charge on any atom is -0.496 e. The number of thiophene rings is 1. The van der Waals surface area contributed by atoms with Gasteiger partial charge in [0.2, 0.25) is 5.91 Å². The molecule has 132 valence electrons. The van der Waals surface area contributed by atoms with Crippen molar-refractivity contribution < 1.29 is 14.3 Å². The van der Waals surface area contributed by atoms with Crippen molar-refractivity contribution in [3.05, 3.63) is 51.2 Å². The molecule has 6 heteroatoms. The smallest absolute Gasteiger partial charge is 0.279 e. The molecule has 1 heterocycles. The van der Waals surface area contributed by atoms with E-state index in [0.29, 0.717) is 10.6 Å². The van der Waals surface area contributed by atoms with Crippen molar-refractivity contribution in [2.24, 2.45) is 0 Å². The van der Waals surface area contributed by atoms with Gasteiger partial charge in [-0.1, -0.05) is 24.6 Å². The van der Waals surface area contributed by atoms with E-state index in [1.165, 1.54) is 41.0 Å². The van der Waals surface area contributed by atoms with E-state index in [0.717, 1.165) is 18.4 Å². The molecule has 0 unspecified atom stereocenters. The fourth-order valence-corrected chi connectivity index (χ4v) is 4.18. The Morgan fingerprint density at radius 3 is 2.76 bits per heavy atom. The molecule has 2 N–H and O–H groups in total. The molecule has 2 amide bonds. The van der Waals surface area contributed by atoms with Gasteiger partial charge in [-0.25, -0.2) is 0 Å². The molecule has 0 spiro atoms. The summed E-state index contributed by atoms with van der Waals surface area (Å²) in [5, 5.41) is 0. The maximum absolute atomic E-state index is 12.3. The molecule has 1 aromatic heterocycles. The number of nitrogens with one attached hydrogen (secondary N) is 2. The standard InChI is InChI=1S/C19H22N2O3S/c1-24-15-9-6-5-7-13(15)12-18(22)20-21-19(23)17-11-14-8-3-2-4-10-16(14)25-17/h5-7,9,11H,2-4,8,10,12H2,1H3,(H,20,22)(H,21,23). The number of ether oxygens (including phenoxy) is 1. The Bertz CT molecular complexity index is 746. The van der Waals surface area contributed by atoms with Crippen LogP contribution in [0.1, 0.15) is 44.9 Å². The normalized spacial score (nSPS) is 13.5. The van der Waals surface area contributed by atoms with E-state index >= 15 is 0 Å². The van der Waals surface area contributed by atoms with Crippen molar-refractivity contribution in [3.63, 3.8) is 0 Å². The van der Waals surface area contributed by atoms with Crippen LogP contribution < -0.4 is 15.6 Å². The van der Waals surface area contributed by atoms with Crippen LogP contribution in [0.4, 0.5) is 0 Å². The van der Waals surface area contributed by atoms with E-state index in [-0.39, 0.29) is 18.2 Å². The van der Waals surface area contributed by atoms with Gasteiger partial charge in [0.1, 0.15) is 5.75 Å². The summed E-state index contributed by atoms with van der Waals surface area (Å²) in [5.74, 6) is 0.119. The summed E-state index contributed by atoms with van der Waals surface area (Å²) in [5.41, 5.74) is 7.06. The van der Waals surface area contributed by atoms with Crippen LogP contribution in [0.25, 0.3) is 0 Å². The summed E-state index contributed by atoms with van der Waals surface area (Å²) in [4.78, 5) is 26.3. The number of rotatable bonds is 4. The number of benzene rings is 1. The number of hydrogen-bond acceptors (Lipinski definition) is 4. The third-order valence-electron chi connectivity index (χ3n) is 4.33. The van der Waals surface area contributed by atoms with Gasteiger partial charge in [0.05, 0.1) is 18.4 Å². The van der Waals surface area contributed by atoms with Crippen LogP contribution in [0.2, 0.25) is 0 Å². The highest BCUT2D eigenvalue weighted by molar-refractivity contribution is 7.14. The lowest BCUT2D eigenvalue weighted by Gasteiger charge is -2.09. The molecular weight excluding hydrogens is 336 g/mol. The lowest BCUT2D eigenvalue weighted by Crippen LogP contribution is -2.42. The number of aryl methyl sites for hydroxylation is 2. The SMILES string of the molecule is COc1ccccc1CC(=O)NNC(=O)c1cc2c(s1)CCCCC2. The molecule has 5 nitrogen and oxygen atoms in total. The van der Waals surface area contributed by atoms with Crippen molar-refractivity contribution in [1.82, 2.24) is 10.9 Å². The summed E-state index contributed by atoms with van der Waals surface area (Å²) < 4.78 is 5.23. The summed E-state index contributed by atoms with van der Waals surface area (Å²) >= 11 is 1.54. The van der Waals surface area contributed by atoms with Gasteiger partial charge in [0, 0.05) is 10.4 Å². The molecular formula is C19H22N2O3S. The highest BCUT2D eigenvalue weighted by Crippen LogP contribution is 2.28. The third kappa shape index (κ3) is 4.39. The van der Waals surface area contributed by atoms with Gasteiger partial charge in [-0.15, -0.1) is 11.3 Å². The Morgan fingerprint density at radius 2 is 1.92 bits per heavy atom. The maximum atomic E-state index is 12.3. The minimum atomic E-state index is -0.282. The monoisotopic (exact) mass is 358 g/mol. The van der Waals surface area contributed by atoms with E-state index in [2.05, 4.69) is 10.9 Å². The molecule has 0 atom stereocenters. The molecule has 3 rings (SSSR count). The molecule has 1 aromatic carbocycles. The number of carbonyl (C=O) groups excluding carboxylic acids is 2. The first kappa shape index (κ1) is 17.5. The number of amides is 2. The molecule has 0 radical (unpaired) electrons. The van der Waals surface area contributed by atoms with Gasteiger partial charge < -0.3 is 4.74 Å². The van der Waals surface area contributed by atoms with Crippen LogP contribution in [-0.2, 0) is 24.1 Å². The molecule has 0 aliphatic heterocycles. The molecule has 0 saturated carbocycles. The molecule has 0 fully saturated rings. The Morgan fingerprint density at radius 1 is 1.12 bits per heavy atom. The molecule has 1 aliphatic rings. The predicted molar refractivity (Wildman–Crippen MR) is 97.9 cm³/mol.